The fourth-order valence-corrected chi connectivity index (χ4v) is 2.31. The topological polar surface area (TPSA) is 46.2 Å². The molecule has 3 nitrogen and oxygen atoms in total. The van der Waals surface area contributed by atoms with Crippen molar-refractivity contribution in [1.82, 2.24) is 5.32 Å². The molecule has 1 aliphatic rings. The van der Waals surface area contributed by atoms with E-state index in [1.54, 1.807) is 0 Å². The van der Waals surface area contributed by atoms with Gasteiger partial charge < -0.3 is 5.32 Å². The molecule has 136 valence electrons. The highest BCUT2D eigenvalue weighted by Gasteiger charge is 2.42. The maximum absolute atomic E-state index is 13.3. The van der Waals surface area contributed by atoms with E-state index in [-0.39, 0.29) is 11.8 Å². The van der Waals surface area contributed by atoms with Gasteiger partial charge in [0.2, 0.25) is 0 Å². The fraction of sp³-hybridized carbons (Fsp3) is 0.333. The Hall–Kier alpha value is -2.39. The maximum Gasteiger partial charge on any atom is 0.416 e. The van der Waals surface area contributed by atoms with Crippen molar-refractivity contribution in [3.8, 4) is 0 Å². The van der Waals surface area contributed by atoms with Crippen LogP contribution in [0.25, 0.3) is 0 Å². The Labute approximate surface area is 136 Å². The van der Waals surface area contributed by atoms with Crippen LogP contribution in [0, 0.1) is 11.7 Å². The number of rotatable bonds is 2. The van der Waals surface area contributed by atoms with Crippen LogP contribution in [0.3, 0.4) is 0 Å². The van der Waals surface area contributed by atoms with Crippen LogP contribution < -0.4 is 5.32 Å². The van der Waals surface area contributed by atoms with Gasteiger partial charge in [-0.2, -0.15) is 26.3 Å². The van der Waals surface area contributed by atoms with Gasteiger partial charge in [-0.3, -0.25) is 9.59 Å². The summed E-state index contributed by atoms with van der Waals surface area (Å²) in [6.45, 7) is 0. The lowest BCUT2D eigenvalue weighted by atomic mass is 9.90. The van der Waals surface area contributed by atoms with Crippen molar-refractivity contribution in [2.75, 3.05) is 0 Å². The summed E-state index contributed by atoms with van der Waals surface area (Å²) in [6.07, 6.45) is -10.3. The standard InChI is InChI=1S/C15H10F7NO2/c16-10-2-7(1-8(3-10)14(17,18)19)13(25)23-11-4-9(15(20,21)22)5-12(24)6-11/h1-3,6,9H,4-5H2,(H,23,25). The van der Waals surface area contributed by atoms with Gasteiger partial charge in [0.05, 0.1) is 11.5 Å². The summed E-state index contributed by atoms with van der Waals surface area (Å²) in [6, 6.07) is 1.06. The summed E-state index contributed by atoms with van der Waals surface area (Å²) in [5.74, 6) is -5.45. The molecule has 0 radical (unpaired) electrons. The van der Waals surface area contributed by atoms with Gasteiger partial charge in [0, 0.05) is 23.8 Å². The zero-order valence-corrected chi connectivity index (χ0v) is 12.3. The lowest BCUT2D eigenvalue weighted by Gasteiger charge is -2.24. The number of benzene rings is 1. The third kappa shape index (κ3) is 4.80. The minimum Gasteiger partial charge on any atom is -0.326 e. The van der Waals surface area contributed by atoms with Crippen LogP contribution in [-0.2, 0) is 11.0 Å². The van der Waals surface area contributed by atoms with Crippen LogP contribution in [0.15, 0.2) is 30.0 Å². The van der Waals surface area contributed by atoms with Gasteiger partial charge in [0.1, 0.15) is 5.82 Å². The number of ketones is 1. The van der Waals surface area contributed by atoms with Crippen molar-refractivity contribution < 1.29 is 40.3 Å². The largest absolute Gasteiger partial charge is 0.416 e. The lowest BCUT2D eigenvalue weighted by molar-refractivity contribution is -0.178. The van der Waals surface area contributed by atoms with Crippen LogP contribution in [0.5, 0.6) is 0 Å². The molecule has 0 aliphatic heterocycles. The number of carbonyl (C=O) groups excluding carboxylic acids is 2. The molecule has 1 aromatic rings. The molecule has 1 aromatic carbocycles. The molecule has 1 amide bonds. The van der Waals surface area contributed by atoms with E-state index in [4.69, 9.17) is 0 Å². The van der Waals surface area contributed by atoms with Crippen molar-refractivity contribution in [2.24, 2.45) is 5.92 Å². The van der Waals surface area contributed by atoms with Crippen molar-refractivity contribution in [2.45, 2.75) is 25.2 Å². The molecule has 0 saturated heterocycles. The van der Waals surface area contributed by atoms with Gasteiger partial charge in [-0.05, 0) is 24.6 Å². The highest BCUT2D eigenvalue weighted by atomic mass is 19.4. The third-order valence-corrected chi connectivity index (χ3v) is 3.47. The first-order valence-electron chi connectivity index (χ1n) is 6.85. The highest BCUT2D eigenvalue weighted by molar-refractivity contribution is 5.97. The van der Waals surface area contributed by atoms with E-state index in [9.17, 15) is 40.3 Å². The molecule has 0 fully saturated rings. The molecule has 0 bridgehead atoms. The Balaban J connectivity index is 2.22. The average Bonchev–Trinajstić information content (AvgIpc) is 2.44. The SMILES string of the molecule is O=C1C=C(NC(=O)c2cc(F)cc(C(F)(F)F)c2)CC(C(F)(F)F)C1. The molecule has 1 N–H and O–H groups in total. The van der Waals surface area contributed by atoms with Crippen molar-refractivity contribution >= 4 is 11.7 Å². The zero-order valence-electron chi connectivity index (χ0n) is 12.3. The van der Waals surface area contributed by atoms with E-state index in [2.05, 4.69) is 0 Å². The number of hydrogen-bond acceptors (Lipinski definition) is 2. The molecule has 0 saturated carbocycles. The summed E-state index contributed by atoms with van der Waals surface area (Å²) < 4.78 is 89.3. The molecule has 1 atom stereocenters. The van der Waals surface area contributed by atoms with Crippen LogP contribution in [0.2, 0.25) is 0 Å². The Morgan fingerprint density at radius 2 is 1.68 bits per heavy atom. The third-order valence-electron chi connectivity index (χ3n) is 3.47. The molecule has 2 rings (SSSR count). The van der Waals surface area contributed by atoms with Gasteiger partial charge in [-0.1, -0.05) is 0 Å². The van der Waals surface area contributed by atoms with E-state index in [1.807, 2.05) is 5.32 Å². The smallest absolute Gasteiger partial charge is 0.326 e. The monoisotopic (exact) mass is 369 g/mol. The first-order valence-corrected chi connectivity index (χ1v) is 6.85. The Morgan fingerprint density at radius 1 is 1.04 bits per heavy atom. The van der Waals surface area contributed by atoms with E-state index >= 15 is 0 Å². The number of hydrogen-bond donors (Lipinski definition) is 1. The van der Waals surface area contributed by atoms with Gasteiger partial charge in [-0.15, -0.1) is 0 Å². The van der Waals surface area contributed by atoms with E-state index in [1.165, 1.54) is 0 Å². The first kappa shape index (κ1) is 18.9. The highest BCUT2D eigenvalue weighted by Crippen LogP contribution is 2.36. The Kier molecular flexibility index (Phi) is 4.92. The fourth-order valence-electron chi connectivity index (χ4n) is 2.31. The molecule has 25 heavy (non-hydrogen) atoms. The second-order valence-electron chi connectivity index (χ2n) is 5.46. The van der Waals surface area contributed by atoms with Crippen LogP contribution in [0.4, 0.5) is 30.7 Å². The number of alkyl halides is 6. The number of halogens is 7. The minimum absolute atomic E-state index is 0.180. The molecule has 0 aromatic heterocycles. The number of allylic oxidation sites excluding steroid dienone is 2. The molecule has 1 unspecified atom stereocenters. The van der Waals surface area contributed by atoms with Crippen molar-refractivity contribution in [3.05, 3.63) is 46.9 Å². The molecular formula is C15H10F7NO2. The Bertz CT molecular complexity index is 734. The van der Waals surface area contributed by atoms with Crippen LogP contribution in [0.1, 0.15) is 28.8 Å². The summed E-state index contributed by atoms with van der Waals surface area (Å²) in [4.78, 5) is 23.3. The average molecular weight is 369 g/mol. The summed E-state index contributed by atoms with van der Waals surface area (Å²) in [5.41, 5.74) is -2.53. The van der Waals surface area contributed by atoms with Crippen LogP contribution in [-0.4, -0.2) is 17.9 Å². The zero-order chi connectivity index (χ0) is 19.0. The van der Waals surface area contributed by atoms with Gasteiger partial charge in [-0.25, -0.2) is 4.39 Å². The first-order chi connectivity index (χ1) is 11.4. The van der Waals surface area contributed by atoms with Crippen molar-refractivity contribution in [3.63, 3.8) is 0 Å². The number of nitrogens with one attached hydrogen (secondary N) is 1. The second kappa shape index (κ2) is 6.49. The van der Waals surface area contributed by atoms with Gasteiger partial charge >= 0.3 is 12.4 Å². The quantitative estimate of drug-likeness (QED) is 0.801. The second-order valence-corrected chi connectivity index (χ2v) is 5.46. The molecule has 0 heterocycles. The van der Waals surface area contributed by atoms with Crippen LogP contribution >= 0.6 is 0 Å². The molecular weight excluding hydrogens is 359 g/mol. The predicted octanol–water partition coefficient (Wildman–Crippen LogP) is 4.00. The lowest BCUT2D eigenvalue weighted by Crippen LogP contribution is -2.34. The van der Waals surface area contributed by atoms with Gasteiger partial charge in [0.25, 0.3) is 5.91 Å². The van der Waals surface area contributed by atoms with E-state index < -0.39 is 59.7 Å². The predicted molar refractivity (Wildman–Crippen MR) is 70.7 cm³/mol. The normalized spacial score (nSPS) is 18.8. The molecule has 1 aliphatic carbocycles. The maximum atomic E-state index is 13.3. The van der Waals surface area contributed by atoms with Crippen molar-refractivity contribution in [1.29, 1.82) is 0 Å². The minimum atomic E-state index is -4.90. The molecule has 10 heteroatoms. The number of amides is 1. The summed E-state index contributed by atoms with van der Waals surface area (Å²) in [7, 11) is 0. The summed E-state index contributed by atoms with van der Waals surface area (Å²) >= 11 is 0. The summed E-state index contributed by atoms with van der Waals surface area (Å²) in [5, 5.41) is 1.94. The van der Waals surface area contributed by atoms with Gasteiger partial charge in [0.15, 0.2) is 5.78 Å². The Morgan fingerprint density at radius 3 is 2.24 bits per heavy atom. The molecule has 0 spiro atoms. The number of carbonyl (C=O) groups is 2. The van der Waals surface area contributed by atoms with E-state index in [0.29, 0.717) is 12.1 Å². The van der Waals surface area contributed by atoms with E-state index in [0.717, 1.165) is 6.08 Å².